The number of unbranched alkanes of at least 4 members (excludes halogenated alkanes) is 42. The Labute approximate surface area is 448 Å². The normalized spacial score (nSPS) is 12.2. The topological polar surface area (TPSA) is 78.9 Å². The van der Waals surface area contributed by atoms with Gasteiger partial charge in [-0.2, -0.15) is 0 Å². The van der Waals surface area contributed by atoms with Crippen LogP contribution in [0.15, 0.2) is 36.5 Å². The molecule has 0 aromatic rings. The van der Waals surface area contributed by atoms with Crippen molar-refractivity contribution in [2.45, 2.75) is 354 Å². The number of hydrogen-bond acceptors (Lipinski definition) is 6. The number of rotatable bonds is 59. The van der Waals surface area contributed by atoms with Crippen LogP contribution in [0, 0.1) is 0 Å². The summed E-state index contributed by atoms with van der Waals surface area (Å²) in [5.74, 6) is -0.885. The van der Waals surface area contributed by atoms with Crippen LogP contribution in [0.5, 0.6) is 0 Å². The molecule has 72 heavy (non-hydrogen) atoms. The van der Waals surface area contributed by atoms with Crippen molar-refractivity contribution in [3.63, 3.8) is 0 Å². The molecule has 0 aliphatic heterocycles. The third-order valence-corrected chi connectivity index (χ3v) is 14.4. The third-order valence-electron chi connectivity index (χ3n) is 14.4. The molecule has 0 spiro atoms. The molecule has 0 aromatic heterocycles. The maximum absolute atomic E-state index is 12.9. The van der Waals surface area contributed by atoms with Crippen LogP contribution in [-0.2, 0) is 28.6 Å². The van der Waals surface area contributed by atoms with E-state index in [9.17, 15) is 14.4 Å². The fourth-order valence-corrected chi connectivity index (χ4v) is 9.64. The van der Waals surface area contributed by atoms with E-state index in [1.165, 1.54) is 225 Å². The van der Waals surface area contributed by atoms with Gasteiger partial charge in [0.15, 0.2) is 6.10 Å². The lowest BCUT2D eigenvalue weighted by Crippen LogP contribution is -2.30. The molecule has 0 saturated heterocycles. The van der Waals surface area contributed by atoms with Gasteiger partial charge in [0, 0.05) is 19.3 Å². The lowest BCUT2D eigenvalue weighted by molar-refractivity contribution is -0.167. The number of allylic oxidation sites excluding steroid dienone is 6. The van der Waals surface area contributed by atoms with E-state index in [2.05, 4.69) is 57.2 Å². The predicted molar refractivity (Wildman–Crippen MR) is 312 cm³/mol. The number of hydrogen-bond donors (Lipinski definition) is 0. The molecular formula is C66H122O6. The van der Waals surface area contributed by atoms with E-state index in [-0.39, 0.29) is 31.1 Å². The Morgan fingerprint density at radius 3 is 0.847 bits per heavy atom. The second-order valence-corrected chi connectivity index (χ2v) is 21.7. The summed E-state index contributed by atoms with van der Waals surface area (Å²) in [7, 11) is 0. The SMILES string of the molecule is CC/C=C\C/C=C\C/C=C\CCCCCC(=O)OCC(COC(=O)CCCCCCCCCCCCCCCCCCCCCCCCCCCCC)OC(=O)CCCCCCCCCCCCCCCC. The first-order chi connectivity index (χ1) is 35.5. The molecule has 0 radical (unpaired) electrons. The molecule has 0 aliphatic rings. The molecule has 1 atom stereocenters. The standard InChI is InChI=1S/C66H122O6/c1-4-7-10-13-16-19-22-25-27-28-29-30-31-32-33-34-35-36-37-38-39-42-44-47-50-53-56-59-65(68)71-62-63(61-70-64(67)58-55-52-49-46-43-40-24-21-18-15-12-9-6-3)72-66(69)60-57-54-51-48-45-41-26-23-20-17-14-11-8-5-2/h9,12,18,21,40,43,63H,4-8,10-11,13-17,19-20,22-39,41-42,44-62H2,1-3H3/b12-9-,21-18-,43-40-. The summed E-state index contributed by atoms with van der Waals surface area (Å²) in [4.78, 5) is 38.2. The Bertz CT molecular complexity index is 1210. The molecule has 0 rings (SSSR count). The van der Waals surface area contributed by atoms with Gasteiger partial charge in [-0.3, -0.25) is 14.4 Å². The van der Waals surface area contributed by atoms with Crippen molar-refractivity contribution in [2.75, 3.05) is 13.2 Å². The van der Waals surface area contributed by atoms with E-state index < -0.39 is 6.10 Å². The molecule has 0 aromatic carbocycles. The van der Waals surface area contributed by atoms with Crippen LogP contribution in [0.2, 0.25) is 0 Å². The maximum atomic E-state index is 12.9. The summed E-state index contributed by atoms with van der Waals surface area (Å²) >= 11 is 0. The molecule has 0 heterocycles. The second kappa shape index (κ2) is 61.2. The number of carbonyl (C=O) groups excluding carboxylic acids is 3. The summed E-state index contributed by atoms with van der Waals surface area (Å²) in [6, 6.07) is 0. The highest BCUT2D eigenvalue weighted by Gasteiger charge is 2.19. The first-order valence-electron chi connectivity index (χ1n) is 32.0. The van der Waals surface area contributed by atoms with Gasteiger partial charge in [-0.25, -0.2) is 0 Å². The van der Waals surface area contributed by atoms with E-state index in [0.29, 0.717) is 19.3 Å². The van der Waals surface area contributed by atoms with Gasteiger partial charge in [-0.15, -0.1) is 0 Å². The highest BCUT2D eigenvalue weighted by molar-refractivity contribution is 5.71. The van der Waals surface area contributed by atoms with Gasteiger partial charge in [0.2, 0.25) is 0 Å². The highest BCUT2D eigenvalue weighted by Crippen LogP contribution is 2.18. The average Bonchev–Trinajstić information content (AvgIpc) is 3.38. The minimum atomic E-state index is -0.780. The first-order valence-corrected chi connectivity index (χ1v) is 32.0. The Morgan fingerprint density at radius 1 is 0.292 bits per heavy atom. The van der Waals surface area contributed by atoms with Gasteiger partial charge in [-0.05, 0) is 51.4 Å². The highest BCUT2D eigenvalue weighted by atomic mass is 16.6. The molecule has 6 nitrogen and oxygen atoms in total. The van der Waals surface area contributed by atoms with Crippen LogP contribution >= 0.6 is 0 Å². The molecular weight excluding hydrogens is 889 g/mol. The first kappa shape index (κ1) is 69.6. The van der Waals surface area contributed by atoms with Crippen molar-refractivity contribution in [2.24, 2.45) is 0 Å². The van der Waals surface area contributed by atoms with Crippen molar-refractivity contribution < 1.29 is 28.6 Å². The summed E-state index contributed by atoms with van der Waals surface area (Å²) < 4.78 is 16.9. The summed E-state index contributed by atoms with van der Waals surface area (Å²) in [6.07, 6.45) is 74.6. The van der Waals surface area contributed by atoms with Crippen LogP contribution in [0.1, 0.15) is 348 Å². The summed E-state index contributed by atoms with van der Waals surface area (Å²) in [6.45, 7) is 6.56. The van der Waals surface area contributed by atoms with Crippen molar-refractivity contribution in [3.8, 4) is 0 Å². The van der Waals surface area contributed by atoms with Gasteiger partial charge < -0.3 is 14.2 Å². The Balaban J connectivity index is 4.17. The number of carbonyl (C=O) groups is 3. The largest absolute Gasteiger partial charge is 0.462 e. The second-order valence-electron chi connectivity index (χ2n) is 21.7. The molecule has 0 bridgehead atoms. The van der Waals surface area contributed by atoms with Crippen molar-refractivity contribution in [1.29, 1.82) is 0 Å². The molecule has 422 valence electrons. The number of esters is 3. The zero-order valence-electron chi connectivity index (χ0n) is 48.5. The van der Waals surface area contributed by atoms with E-state index in [4.69, 9.17) is 14.2 Å². The monoisotopic (exact) mass is 1010 g/mol. The number of ether oxygens (including phenoxy) is 3. The molecule has 0 N–H and O–H groups in total. The average molecular weight is 1010 g/mol. The van der Waals surface area contributed by atoms with Crippen LogP contribution in [-0.4, -0.2) is 37.2 Å². The molecule has 0 aliphatic carbocycles. The Kier molecular flexibility index (Phi) is 59.2. The quantitative estimate of drug-likeness (QED) is 0.0261. The van der Waals surface area contributed by atoms with Crippen molar-refractivity contribution in [1.82, 2.24) is 0 Å². The Morgan fingerprint density at radius 2 is 0.542 bits per heavy atom. The van der Waals surface area contributed by atoms with Crippen molar-refractivity contribution in [3.05, 3.63) is 36.5 Å². The van der Waals surface area contributed by atoms with Gasteiger partial charge in [0.25, 0.3) is 0 Å². The third kappa shape index (κ3) is 58.5. The minimum Gasteiger partial charge on any atom is -0.462 e. The van der Waals surface area contributed by atoms with Gasteiger partial charge in [0.05, 0.1) is 0 Å². The van der Waals surface area contributed by atoms with E-state index >= 15 is 0 Å². The van der Waals surface area contributed by atoms with Crippen molar-refractivity contribution >= 4 is 17.9 Å². The molecule has 1 unspecified atom stereocenters. The zero-order valence-corrected chi connectivity index (χ0v) is 48.5. The van der Waals surface area contributed by atoms with E-state index in [1.54, 1.807) is 0 Å². The molecule has 6 heteroatoms. The minimum absolute atomic E-state index is 0.0763. The lowest BCUT2D eigenvalue weighted by Gasteiger charge is -2.18. The van der Waals surface area contributed by atoms with Crippen LogP contribution in [0.4, 0.5) is 0 Å². The molecule has 0 saturated carbocycles. The van der Waals surface area contributed by atoms with Crippen LogP contribution < -0.4 is 0 Å². The fourth-order valence-electron chi connectivity index (χ4n) is 9.64. The van der Waals surface area contributed by atoms with Crippen LogP contribution in [0.3, 0.4) is 0 Å². The van der Waals surface area contributed by atoms with E-state index in [1.807, 2.05) is 0 Å². The van der Waals surface area contributed by atoms with Crippen LogP contribution in [0.25, 0.3) is 0 Å². The molecule has 0 amide bonds. The predicted octanol–water partition coefficient (Wildman–Crippen LogP) is 21.6. The zero-order chi connectivity index (χ0) is 52.2. The van der Waals surface area contributed by atoms with Gasteiger partial charge in [-0.1, -0.05) is 314 Å². The van der Waals surface area contributed by atoms with E-state index in [0.717, 1.165) is 83.5 Å². The summed E-state index contributed by atoms with van der Waals surface area (Å²) in [5, 5.41) is 0. The smallest absolute Gasteiger partial charge is 0.306 e. The lowest BCUT2D eigenvalue weighted by atomic mass is 10.0. The Hall–Kier alpha value is -2.37. The molecule has 0 fully saturated rings. The maximum Gasteiger partial charge on any atom is 0.306 e. The summed E-state index contributed by atoms with van der Waals surface area (Å²) in [5.41, 5.74) is 0. The fraction of sp³-hybridized carbons (Fsp3) is 0.864. The van der Waals surface area contributed by atoms with Gasteiger partial charge >= 0.3 is 17.9 Å². The van der Waals surface area contributed by atoms with Gasteiger partial charge in [0.1, 0.15) is 13.2 Å².